The molecule has 0 saturated carbocycles. The van der Waals surface area contributed by atoms with Crippen LogP contribution in [0.4, 0.5) is 0 Å². The average molecular weight is 347 g/mol. The highest BCUT2D eigenvalue weighted by Crippen LogP contribution is 2.30. The second-order valence-corrected chi connectivity index (χ2v) is 6.81. The van der Waals surface area contributed by atoms with Crippen molar-refractivity contribution < 1.29 is 9.59 Å². The lowest BCUT2D eigenvalue weighted by atomic mass is 9.97. The zero-order valence-corrected chi connectivity index (χ0v) is 13.7. The first-order valence-electron chi connectivity index (χ1n) is 6.62. The Balaban J connectivity index is 1.92. The average Bonchev–Trinajstić information content (AvgIpc) is 2.48. The van der Waals surface area contributed by atoms with Gasteiger partial charge in [-0.25, -0.2) is 0 Å². The van der Waals surface area contributed by atoms with Crippen molar-refractivity contribution >= 4 is 46.8 Å². The Labute approximate surface area is 137 Å². The van der Waals surface area contributed by atoms with Crippen LogP contribution < -0.4 is 5.73 Å². The second kappa shape index (κ2) is 7.38. The number of hydrogen-bond acceptors (Lipinski definition) is 3. The SMILES string of the molecule is NC(=O)C1CCCN(C(=O)CSc2cc(Cl)ccc2Cl)C1. The molecule has 0 aromatic heterocycles. The Hall–Kier alpha value is -0.910. The lowest BCUT2D eigenvalue weighted by molar-refractivity contribution is -0.132. The number of nitrogens with two attached hydrogens (primary N) is 1. The molecule has 4 nitrogen and oxygen atoms in total. The van der Waals surface area contributed by atoms with Gasteiger partial charge in [0.2, 0.25) is 11.8 Å². The lowest BCUT2D eigenvalue weighted by Crippen LogP contribution is -2.44. The van der Waals surface area contributed by atoms with Gasteiger partial charge < -0.3 is 10.6 Å². The van der Waals surface area contributed by atoms with Crippen LogP contribution in [-0.2, 0) is 9.59 Å². The molecule has 1 fully saturated rings. The first kappa shape index (κ1) is 16.5. The second-order valence-electron chi connectivity index (χ2n) is 4.94. The molecule has 0 bridgehead atoms. The third kappa shape index (κ3) is 4.53. The van der Waals surface area contributed by atoms with Gasteiger partial charge in [-0.15, -0.1) is 11.8 Å². The fraction of sp³-hybridized carbons (Fsp3) is 0.429. The number of hydrogen-bond donors (Lipinski definition) is 1. The normalized spacial score (nSPS) is 18.6. The minimum absolute atomic E-state index is 0.0120. The summed E-state index contributed by atoms with van der Waals surface area (Å²) in [6.45, 7) is 1.09. The number of primary amides is 1. The Kier molecular flexibility index (Phi) is 5.79. The largest absolute Gasteiger partial charge is 0.369 e. The van der Waals surface area contributed by atoms with E-state index >= 15 is 0 Å². The van der Waals surface area contributed by atoms with Crippen molar-refractivity contribution in [2.45, 2.75) is 17.7 Å². The van der Waals surface area contributed by atoms with Gasteiger partial charge in [-0.1, -0.05) is 23.2 Å². The van der Waals surface area contributed by atoms with Crippen LogP contribution in [0, 0.1) is 5.92 Å². The van der Waals surface area contributed by atoms with Crippen LogP contribution in [-0.4, -0.2) is 35.6 Å². The number of amides is 2. The number of thioether (sulfide) groups is 1. The third-order valence-corrected chi connectivity index (χ3v) is 5.14. The zero-order chi connectivity index (χ0) is 15.4. The van der Waals surface area contributed by atoms with Gasteiger partial charge in [0.25, 0.3) is 0 Å². The molecule has 1 aliphatic heterocycles. The molecule has 1 atom stereocenters. The summed E-state index contributed by atoms with van der Waals surface area (Å²) < 4.78 is 0. The molecule has 0 aliphatic carbocycles. The molecule has 114 valence electrons. The third-order valence-electron chi connectivity index (χ3n) is 3.42. The van der Waals surface area contributed by atoms with Crippen LogP contribution in [0.3, 0.4) is 0 Å². The first-order valence-corrected chi connectivity index (χ1v) is 8.36. The summed E-state index contributed by atoms with van der Waals surface area (Å²) in [6.07, 6.45) is 1.56. The molecule has 2 N–H and O–H groups in total. The van der Waals surface area contributed by atoms with Gasteiger partial charge in [-0.3, -0.25) is 9.59 Å². The smallest absolute Gasteiger partial charge is 0.232 e. The molecule has 0 spiro atoms. The van der Waals surface area contributed by atoms with E-state index in [0.29, 0.717) is 23.1 Å². The van der Waals surface area contributed by atoms with Crippen LogP contribution in [0.15, 0.2) is 23.1 Å². The molecular weight excluding hydrogens is 331 g/mol. The summed E-state index contributed by atoms with van der Waals surface area (Å²) in [7, 11) is 0. The molecule has 1 unspecified atom stereocenters. The van der Waals surface area contributed by atoms with Crippen LogP contribution in [0.1, 0.15) is 12.8 Å². The lowest BCUT2D eigenvalue weighted by Gasteiger charge is -2.31. The standard InChI is InChI=1S/C14H16Cl2N2O2S/c15-10-3-4-11(16)12(6-10)21-8-13(19)18-5-1-2-9(7-18)14(17)20/h3-4,6,9H,1-2,5,7-8H2,(H2,17,20). The highest BCUT2D eigenvalue weighted by Gasteiger charge is 2.26. The number of halogens is 2. The molecule has 2 rings (SSSR count). The van der Waals surface area contributed by atoms with Gasteiger partial charge >= 0.3 is 0 Å². The van der Waals surface area contributed by atoms with Crippen molar-refractivity contribution in [1.29, 1.82) is 0 Å². The molecule has 2 amide bonds. The Morgan fingerprint density at radius 1 is 1.38 bits per heavy atom. The van der Waals surface area contributed by atoms with Crippen LogP contribution in [0.2, 0.25) is 10.0 Å². The number of carbonyl (C=O) groups excluding carboxylic acids is 2. The van der Waals surface area contributed by atoms with Crippen molar-refractivity contribution in [2.24, 2.45) is 11.7 Å². The van der Waals surface area contributed by atoms with Crippen molar-refractivity contribution in [3.63, 3.8) is 0 Å². The van der Waals surface area contributed by atoms with Crippen molar-refractivity contribution in [1.82, 2.24) is 4.90 Å². The zero-order valence-electron chi connectivity index (χ0n) is 11.4. The van der Waals surface area contributed by atoms with E-state index < -0.39 is 0 Å². The number of nitrogens with zero attached hydrogens (tertiary/aromatic N) is 1. The monoisotopic (exact) mass is 346 g/mol. The topological polar surface area (TPSA) is 63.4 Å². The minimum atomic E-state index is -0.335. The van der Waals surface area contributed by atoms with Crippen LogP contribution in [0.5, 0.6) is 0 Å². The molecule has 1 aliphatic rings. The summed E-state index contributed by atoms with van der Waals surface area (Å²) in [6, 6.07) is 5.16. The van der Waals surface area contributed by atoms with Gasteiger partial charge in [0.15, 0.2) is 0 Å². The summed E-state index contributed by atoms with van der Waals surface area (Å²) in [4.78, 5) is 25.9. The van der Waals surface area contributed by atoms with Crippen LogP contribution in [0.25, 0.3) is 0 Å². The quantitative estimate of drug-likeness (QED) is 0.852. The molecule has 1 aromatic carbocycles. The van der Waals surface area contributed by atoms with Gasteiger partial charge in [-0.05, 0) is 31.0 Å². The number of likely N-dealkylation sites (tertiary alicyclic amines) is 1. The summed E-state index contributed by atoms with van der Waals surface area (Å²) >= 11 is 13.3. The van der Waals surface area contributed by atoms with Crippen molar-refractivity contribution in [3.05, 3.63) is 28.2 Å². The maximum absolute atomic E-state index is 12.2. The van der Waals surface area contributed by atoms with Gasteiger partial charge in [0, 0.05) is 23.0 Å². The van der Waals surface area contributed by atoms with E-state index in [4.69, 9.17) is 28.9 Å². The van der Waals surface area contributed by atoms with E-state index in [2.05, 4.69) is 0 Å². The Bertz CT molecular complexity index is 554. The highest BCUT2D eigenvalue weighted by atomic mass is 35.5. The van der Waals surface area contributed by atoms with E-state index in [0.717, 1.165) is 17.7 Å². The first-order chi connectivity index (χ1) is 9.97. The van der Waals surface area contributed by atoms with Crippen LogP contribution >= 0.6 is 35.0 Å². The predicted molar refractivity (Wildman–Crippen MR) is 85.7 cm³/mol. The fourth-order valence-electron chi connectivity index (χ4n) is 2.25. The predicted octanol–water partition coefficient (Wildman–Crippen LogP) is 2.81. The molecule has 1 heterocycles. The molecular formula is C14H16Cl2N2O2S. The molecule has 7 heteroatoms. The van der Waals surface area contributed by atoms with Gasteiger partial charge in [0.05, 0.1) is 16.7 Å². The van der Waals surface area contributed by atoms with Gasteiger partial charge in [-0.2, -0.15) is 0 Å². The number of benzene rings is 1. The minimum Gasteiger partial charge on any atom is -0.369 e. The Morgan fingerprint density at radius 2 is 2.14 bits per heavy atom. The van der Waals surface area contributed by atoms with E-state index in [1.807, 2.05) is 0 Å². The molecule has 21 heavy (non-hydrogen) atoms. The van der Waals surface area contributed by atoms with Gasteiger partial charge in [0.1, 0.15) is 0 Å². The van der Waals surface area contributed by atoms with E-state index in [9.17, 15) is 9.59 Å². The van der Waals surface area contributed by atoms with E-state index in [1.54, 1.807) is 23.1 Å². The number of carbonyl (C=O) groups is 2. The number of piperidine rings is 1. The van der Waals surface area contributed by atoms with E-state index in [-0.39, 0.29) is 23.5 Å². The Morgan fingerprint density at radius 3 is 2.86 bits per heavy atom. The molecule has 1 aromatic rings. The highest BCUT2D eigenvalue weighted by molar-refractivity contribution is 8.00. The summed E-state index contributed by atoms with van der Waals surface area (Å²) in [5.41, 5.74) is 5.32. The summed E-state index contributed by atoms with van der Waals surface area (Å²) in [5.74, 6) is -0.312. The van der Waals surface area contributed by atoms with E-state index in [1.165, 1.54) is 11.8 Å². The maximum atomic E-state index is 12.2. The molecule has 1 saturated heterocycles. The maximum Gasteiger partial charge on any atom is 0.232 e. The summed E-state index contributed by atoms with van der Waals surface area (Å²) in [5, 5.41) is 1.16. The fourth-order valence-corrected chi connectivity index (χ4v) is 3.65. The molecule has 0 radical (unpaired) electrons. The number of rotatable bonds is 4. The van der Waals surface area contributed by atoms with Crippen molar-refractivity contribution in [2.75, 3.05) is 18.8 Å². The van der Waals surface area contributed by atoms with Crippen molar-refractivity contribution in [3.8, 4) is 0 Å².